The summed E-state index contributed by atoms with van der Waals surface area (Å²) in [5, 5.41) is 3.36. The van der Waals surface area contributed by atoms with Gasteiger partial charge in [-0.1, -0.05) is 0 Å². The zero-order chi connectivity index (χ0) is 14.2. The van der Waals surface area contributed by atoms with Gasteiger partial charge in [-0.3, -0.25) is 0 Å². The number of hydrogen-bond donors (Lipinski definition) is 1. The van der Waals surface area contributed by atoms with Gasteiger partial charge in [-0.05, 0) is 56.5 Å². The van der Waals surface area contributed by atoms with Crippen molar-refractivity contribution in [3.8, 4) is 5.75 Å². The number of aryl methyl sites for hydroxylation is 1. The molecule has 0 spiro atoms. The molecule has 0 unspecified atom stereocenters. The van der Waals surface area contributed by atoms with Crippen LogP contribution in [0.2, 0.25) is 0 Å². The summed E-state index contributed by atoms with van der Waals surface area (Å²) in [4.78, 5) is 2.49. The average molecular weight is 280 g/mol. The maximum atomic E-state index is 13.3. The number of rotatable bonds is 7. The lowest BCUT2D eigenvalue weighted by Crippen LogP contribution is -2.43. The van der Waals surface area contributed by atoms with E-state index in [1.165, 1.54) is 6.07 Å². The van der Waals surface area contributed by atoms with Gasteiger partial charge < -0.3 is 15.0 Å². The first-order valence-corrected chi connectivity index (χ1v) is 7.64. The van der Waals surface area contributed by atoms with E-state index in [1.807, 2.05) is 6.92 Å². The first-order chi connectivity index (χ1) is 9.79. The van der Waals surface area contributed by atoms with E-state index >= 15 is 0 Å². The minimum atomic E-state index is -0.175. The van der Waals surface area contributed by atoms with E-state index < -0.39 is 0 Å². The van der Waals surface area contributed by atoms with Crippen molar-refractivity contribution < 1.29 is 9.13 Å². The lowest BCUT2D eigenvalue weighted by Gasteiger charge is -2.27. The monoisotopic (exact) mass is 280 g/mol. The van der Waals surface area contributed by atoms with Gasteiger partial charge in [-0.2, -0.15) is 0 Å². The highest BCUT2D eigenvalue weighted by Gasteiger charge is 2.09. The molecule has 1 aromatic rings. The van der Waals surface area contributed by atoms with E-state index in [9.17, 15) is 4.39 Å². The number of nitrogens with one attached hydrogen (secondary N) is 1. The predicted octanol–water partition coefficient (Wildman–Crippen LogP) is 2.45. The summed E-state index contributed by atoms with van der Waals surface area (Å²) in [5.41, 5.74) is 0.993. The van der Waals surface area contributed by atoms with Gasteiger partial charge in [0.05, 0.1) is 6.61 Å². The van der Waals surface area contributed by atoms with E-state index in [0.29, 0.717) is 6.61 Å². The van der Waals surface area contributed by atoms with Crippen LogP contribution in [0, 0.1) is 5.82 Å². The zero-order valence-corrected chi connectivity index (χ0v) is 12.3. The van der Waals surface area contributed by atoms with Crippen molar-refractivity contribution in [3.63, 3.8) is 0 Å². The van der Waals surface area contributed by atoms with Gasteiger partial charge >= 0.3 is 0 Å². The number of nitrogens with zero attached hydrogens (tertiary/aromatic N) is 1. The molecule has 1 aliphatic heterocycles. The second-order valence-electron chi connectivity index (χ2n) is 5.23. The standard InChI is InChI=1S/C16H25FN2O/c1-2-20-16-7-6-15(17)13-14(16)5-3-4-10-19-11-8-18-9-12-19/h6-7,13,18H,2-5,8-12H2,1H3. The van der Waals surface area contributed by atoms with Crippen LogP contribution in [-0.4, -0.2) is 44.2 Å². The second kappa shape index (κ2) is 8.22. The SMILES string of the molecule is CCOc1ccc(F)cc1CCCCN1CCNCC1. The highest BCUT2D eigenvalue weighted by atomic mass is 19.1. The Balaban J connectivity index is 1.76. The predicted molar refractivity (Wildman–Crippen MR) is 79.8 cm³/mol. The molecule has 4 heteroatoms. The molecular formula is C16H25FN2O. The minimum absolute atomic E-state index is 0.175. The summed E-state index contributed by atoms with van der Waals surface area (Å²) in [6.07, 6.45) is 3.12. The van der Waals surface area contributed by atoms with Crippen LogP contribution in [-0.2, 0) is 6.42 Å². The van der Waals surface area contributed by atoms with E-state index in [4.69, 9.17) is 4.74 Å². The van der Waals surface area contributed by atoms with E-state index in [1.54, 1.807) is 12.1 Å². The molecule has 1 heterocycles. The fourth-order valence-corrected chi connectivity index (χ4v) is 2.63. The summed E-state index contributed by atoms with van der Waals surface area (Å²) >= 11 is 0. The fourth-order valence-electron chi connectivity index (χ4n) is 2.63. The third-order valence-electron chi connectivity index (χ3n) is 3.70. The summed E-state index contributed by atoms with van der Waals surface area (Å²) in [7, 11) is 0. The first kappa shape index (κ1) is 15.3. The van der Waals surface area contributed by atoms with Gasteiger partial charge in [0.25, 0.3) is 0 Å². The molecule has 3 nitrogen and oxygen atoms in total. The Labute approximate surface area is 121 Å². The Morgan fingerprint density at radius 2 is 2.05 bits per heavy atom. The average Bonchev–Trinajstić information content (AvgIpc) is 2.47. The molecule has 2 rings (SSSR count). The van der Waals surface area contributed by atoms with Crippen LogP contribution >= 0.6 is 0 Å². The molecule has 1 fully saturated rings. The lowest BCUT2D eigenvalue weighted by atomic mass is 10.1. The number of hydrogen-bond acceptors (Lipinski definition) is 3. The van der Waals surface area contributed by atoms with Crippen molar-refractivity contribution in [1.82, 2.24) is 10.2 Å². The van der Waals surface area contributed by atoms with Crippen molar-refractivity contribution in [1.29, 1.82) is 0 Å². The Bertz CT molecular complexity index is 405. The minimum Gasteiger partial charge on any atom is -0.494 e. The Morgan fingerprint density at radius 3 is 2.80 bits per heavy atom. The molecule has 1 saturated heterocycles. The molecule has 0 atom stereocenters. The van der Waals surface area contributed by atoms with Crippen molar-refractivity contribution in [2.75, 3.05) is 39.3 Å². The maximum Gasteiger partial charge on any atom is 0.123 e. The van der Waals surface area contributed by atoms with Crippen LogP contribution in [0.4, 0.5) is 4.39 Å². The molecule has 0 amide bonds. The summed E-state index contributed by atoms with van der Waals surface area (Å²) in [6, 6.07) is 4.81. The molecule has 0 radical (unpaired) electrons. The smallest absolute Gasteiger partial charge is 0.123 e. The molecule has 0 aliphatic carbocycles. The van der Waals surface area contributed by atoms with Gasteiger partial charge in [0, 0.05) is 26.2 Å². The Hall–Kier alpha value is -1.13. The van der Waals surface area contributed by atoms with E-state index in [2.05, 4.69) is 10.2 Å². The summed E-state index contributed by atoms with van der Waals surface area (Å²) in [5.74, 6) is 0.654. The van der Waals surface area contributed by atoms with Crippen LogP contribution in [0.3, 0.4) is 0 Å². The third kappa shape index (κ3) is 4.76. The molecule has 1 aromatic carbocycles. The van der Waals surface area contributed by atoms with Gasteiger partial charge in [0.15, 0.2) is 0 Å². The number of halogens is 1. The van der Waals surface area contributed by atoms with Gasteiger partial charge in [0.2, 0.25) is 0 Å². The zero-order valence-electron chi connectivity index (χ0n) is 12.3. The molecule has 1 aliphatic rings. The van der Waals surface area contributed by atoms with Gasteiger partial charge in [-0.25, -0.2) is 4.39 Å². The van der Waals surface area contributed by atoms with Crippen molar-refractivity contribution in [3.05, 3.63) is 29.6 Å². The molecule has 0 saturated carbocycles. The highest BCUT2D eigenvalue weighted by Crippen LogP contribution is 2.21. The maximum absolute atomic E-state index is 13.3. The molecule has 20 heavy (non-hydrogen) atoms. The van der Waals surface area contributed by atoms with Crippen LogP contribution in [0.25, 0.3) is 0 Å². The van der Waals surface area contributed by atoms with Crippen LogP contribution in [0.1, 0.15) is 25.3 Å². The third-order valence-corrected chi connectivity index (χ3v) is 3.70. The number of unbranched alkanes of at least 4 members (excludes halogenated alkanes) is 1. The summed E-state index contributed by atoms with van der Waals surface area (Å²) < 4.78 is 18.9. The van der Waals surface area contributed by atoms with Gasteiger partial charge in [-0.15, -0.1) is 0 Å². The lowest BCUT2D eigenvalue weighted by molar-refractivity contribution is 0.236. The Kier molecular flexibility index (Phi) is 6.27. The molecule has 112 valence electrons. The van der Waals surface area contributed by atoms with Crippen LogP contribution < -0.4 is 10.1 Å². The van der Waals surface area contributed by atoms with Crippen LogP contribution in [0.15, 0.2) is 18.2 Å². The molecular weight excluding hydrogens is 255 g/mol. The van der Waals surface area contributed by atoms with Crippen molar-refractivity contribution in [2.24, 2.45) is 0 Å². The van der Waals surface area contributed by atoms with Crippen molar-refractivity contribution >= 4 is 0 Å². The molecule has 0 bridgehead atoms. The second-order valence-corrected chi connectivity index (χ2v) is 5.23. The highest BCUT2D eigenvalue weighted by molar-refractivity contribution is 5.34. The molecule has 0 aromatic heterocycles. The largest absolute Gasteiger partial charge is 0.494 e. The molecule has 1 N–H and O–H groups in total. The van der Waals surface area contributed by atoms with E-state index in [0.717, 1.165) is 63.3 Å². The topological polar surface area (TPSA) is 24.5 Å². The number of ether oxygens (including phenoxy) is 1. The summed E-state index contributed by atoms with van der Waals surface area (Å²) in [6.45, 7) is 8.20. The Morgan fingerprint density at radius 1 is 1.25 bits per heavy atom. The normalized spacial score (nSPS) is 16.3. The number of benzene rings is 1. The first-order valence-electron chi connectivity index (χ1n) is 7.64. The van der Waals surface area contributed by atoms with E-state index in [-0.39, 0.29) is 5.82 Å². The number of piperazine rings is 1. The van der Waals surface area contributed by atoms with Gasteiger partial charge in [0.1, 0.15) is 11.6 Å². The van der Waals surface area contributed by atoms with Crippen molar-refractivity contribution in [2.45, 2.75) is 26.2 Å². The fraction of sp³-hybridized carbons (Fsp3) is 0.625. The quantitative estimate of drug-likeness (QED) is 0.777. The van der Waals surface area contributed by atoms with Crippen LogP contribution in [0.5, 0.6) is 5.75 Å².